The molecule has 0 radical (unpaired) electrons. The molecular weight excluding hydrogens is 488 g/mol. The van der Waals surface area contributed by atoms with Crippen molar-refractivity contribution in [1.29, 1.82) is 0 Å². The summed E-state index contributed by atoms with van der Waals surface area (Å²) in [6.45, 7) is 7.43. The second-order valence-electron chi connectivity index (χ2n) is 15.6. The van der Waals surface area contributed by atoms with Crippen molar-refractivity contribution in [3.8, 4) is 0 Å². The highest BCUT2D eigenvalue weighted by Gasteiger charge is 2.63. The van der Waals surface area contributed by atoms with E-state index in [-0.39, 0.29) is 54.2 Å². The molecule has 0 aromatic heterocycles. The van der Waals surface area contributed by atoms with Crippen LogP contribution in [0.2, 0.25) is 0 Å². The van der Waals surface area contributed by atoms with Crippen molar-refractivity contribution in [2.75, 3.05) is 0 Å². The van der Waals surface area contributed by atoms with Gasteiger partial charge in [-0.05, 0) is 85.0 Å². The minimum Gasteiger partial charge on any atom is -0.461 e. The Kier molecular flexibility index (Phi) is 5.80. The van der Waals surface area contributed by atoms with E-state index in [0.29, 0.717) is 70.6 Å². The molecule has 8 bridgehead atoms. The van der Waals surface area contributed by atoms with Crippen LogP contribution in [0.25, 0.3) is 0 Å². The summed E-state index contributed by atoms with van der Waals surface area (Å²) in [6, 6.07) is 0. The van der Waals surface area contributed by atoms with Crippen LogP contribution >= 0.6 is 0 Å². The predicted molar refractivity (Wildman–Crippen MR) is 136 cm³/mol. The van der Waals surface area contributed by atoms with Gasteiger partial charge in [0.1, 0.15) is 12.2 Å². The molecule has 8 aliphatic carbocycles. The number of hydrogen-bond donors (Lipinski definition) is 4. The van der Waals surface area contributed by atoms with Gasteiger partial charge in [-0.1, -0.05) is 6.92 Å². The number of carbonyl (C=O) groups excluding carboxylic acids is 2. The fourth-order valence-electron chi connectivity index (χ4n) is 10.4. The van der Waals surface area contributed by atoms with E-state index in [1.54, 1.807) is 0 Å². The zero-order valence-corrected chi connectivity index (χ0v) is 23.4. The predicted octanol–water partition coefficient (Wildman–Crippen LogP) is 3.01. The highest BCUT2D eigenvalue weighted by atomic mass is 16.6. The van der Waals surface area contributed by atoms with Crippen LogP contribution in [0.5, 0.6) is 0 Å². The third kappa shape index (κ3) is 4.33. The molecule has 0 aromatic rings. The summed E-state index contributed by atoms with van der Waals surface area (Å²) in [4.78, 5) is 27.2. The summed E-state index contributed by atoms with van der Waals surface area (Å²) in [5, 5.41) is 43.6. The average molecular weight is 535 g/mol. The van der Waals surface area contributed by atoms with E-state index in [0.717, 1.165) is 0 Å². The van der Waals surface area contributed by atoms with Gasteiger partial charge < -0.3 is 29.9 Å². The van der Waals surface area contributed by atoms with Crippen molar-refractivity contribution >= 4 is 11.9 Å². The van der Waals surface area contributed by atoms with Crippen molar-refractivity contribution in [3.63, 3.8) is 0 Å². The molecule has 0 aromatic carbocycles. The Morgan fingerprint density at radius 3 is 1.29 bits per heavy atom. The van der Waals surface area contributed by atoms with Gasteiger partial charge in [-0.25, -0.2) is 0 Å². The molecule has 0 amide bonds. The summed E-state index contributed by atoms with van der Waals surface area (Å²) in [5.74, 6) is -0.853. The van der Waals surface area contributed by atoms with Crippen molar-refractivity contribution in [2.24, 2.45) is 34.5 Å². The summed E-state index contributed by atoms with van der Waals surface area (Å²) < 4.78 is 12.3. The summed E-state index contributed by atoms with van der Waals surface area (Å²) >= 11 is 0. The Hall–Kier alpha value is -1.22. The molecule has 214 valence electrons. The topological polar surface area (TPSA) is 134 Å². The zero-order chi connectivity index (χ0) is 27.5. The van der Waals surface area contributed by atoms with E-state index in [4.69, 9.17) is 9.47 Å². The standard InChI is InChI=1S/C30H46O8/c1-5-26(4,24(32)38-22-19-10-29(35)12-20(22)13-30(36,11-19)16-29)14-25(2,3)23(31)37-21-17-6-27(33)8-18(21)9-28(34,7-17)15-27/h17-22,33-36H,5-16H2,1-4H3. The molecule has 1 unspecified atom stereocenters. The van der Waals surface area contributed by atoms with E-state index >= 15 is 0 Å². The summed E-state index contributed by atoms with van der Waals surface area (Å²) in [6.07, 6.45) is 5.42. The van der Waals surface area contributed by atoms with Gasteiger partial charge in [0.15, 0.2) is 0 Å². The van der Waals surface area contributed by atoms with Crippen LogP contribution in [-0.2, 0) is 19.1 Å². The van der Waals surface area contributed by atoms with Gasteiger partial charge >= 0.3 is 11.9 Å². The van der Waals surface area contributed by atoms with Crippen LogP contribution in [0, 0.1) is 34.5 Å². The van der Waals surface area contributed by atoms with Crippen LogP contribution in [0.4, 0.5) is 0 Å². The quantitative estimate of drug-likeness (QED) is 0.366. The molecule has 8 aliphatic rings. The average Bonchev–Trinajstić information content (AvgIpc) is 2.74. The van der Waals surface area contributed by atoms with E-state index in [2.05, 4.69) is 0 Å². The highest BCUT2D eigenvalue weighted by molar-refractivity contribution is 5.80. The molecule has 0 spiro atoms. The van der Waals surface area contributed by atoms with Gasteiger partial charge in [-0.2, -0.15) is 0 Å². The molecule has 8 fully saturated rings. The second-order valence-corrected chi connectivity index (χ2v) is 15.6. The molecule has 8 nitrogen and oxygen atoms in total. The molecule has 1 atom stereocenters. The minimum atomic E-state index is -0.930. The molecule has 0 saturated heterocycles. The number of hydrogen-bond acceptors (Lipinski definition) is 8. The minimum absolute atomic E-state index is 0.0455. The third-order valence-corrected chi connectivity index (χ3v) is 11.5. The van der Waals surface area contributed by atoms with E-state index in [9.17, 15) is 30.0 Å². The van der Waals surface area contributed by atoms with Gasteiger partial charge in [0.25, 0.3) is 0 Å². The Bertz CT molecular complexity index is 948. The fourth-order valence-corrected chi connectivity index (χ4v) is 10.4. The smallest absolute Gasteiger partial charge is 0.312 e. The Morgan fingerprint density at radius 2 is 0.974 bits per heavy atom. The SMILES string of the molecule is CCC(C)(CC(C)(C)C(=O)OC1C2CC3(O)CC1CC(O)(C2)C3)C(=O)OC1C2CC3(O)CC1CC(O)(C2)C3. The Balaban J connectivity index is 1.12. The molecule has 4 N–H and O–H groups in total. The number of aliphatic hydroxyl groups is 4. The molecular formula is C30H46O8. The van der Waals surface area contributed by atoms with Gasteiger partial charge in [0.05, 0.1) is 33.2 Å². The first-order valence-electron chi connectivity index (χ1n) is 14.8. The molecule has 8 heteroatoms. The number of ether oxygens (including phenoxy) is 2. The van der Waals surface area contributed by atoms with Crippen molar-refractivity contribution in [3.05, 3.63) is 0 Å². The monoisotopic (exact) mass is 534 g/mol. The van der Waals surface area contributed by atoms with Crippen molar-refractivity contribution in [2.45, 2.75) is 139 Å². The maximum atomic E-state index is 13.7. The first-order valence-corrected chi connectivity index (χ1v) is 14.8. The number of carbonyl (C=O) groups is 2. The maximum Gasteiger partial charge on any atom is 0.312 e. The highest BCUT2D eigenvalue weighted by Crippen LogP contribution is 2.60. The first kappa shape index (κ1) is 27.0. The molecule has 0 heterocycles. The van der Waals surface area contributed by atoms with Crippen LogP contribution < -0.4 is 0 Å². The number of rotatable bonds is 7. The normalized spacial score (nSPS) is 50.1. The fraction of sp³-hybridized carbons (Fsp3) is 0.933. The van der Waals surface area contributed by atoms with Crippen molar-refractivity contribution in [1.82, 2.24) is 0 Å². The summed E-state index contributed by atoms with van der Waals surface area (Å²) in [7, 11) is 0. The van der Waals surface area contributed by atoms with Crippen LogP contribution in [0.15, 0.2) is 0 Å². The number of esters is 2. The Morgan fingerprint density at radius 1 is 0.658 bits per heavy atom. The third-order valence-electron chi connectivity index (χ3n) is 11.5. The second kappa shape index (κ2) is 8.17. The van der Waals surface area contributed by atoms with Gasteiger partial charge in [-0.15, -0.1) is 0 Å². The van der Waals surface area contributed by atoms with Crippen LogP contribution in [0.3, 0.4) is 0 Å². The molecule has 8 rings (SSSR count). The van der Waals surface area contributed by atoms with Gasteiger partial charge in [-0.3, -0.25) is 9.59 Å². The zero-order valence-electron chi connectivity index (χ0n) is 23.4. The van der Waals surface area contributed by atoms with E-state index in [1.165, 1.54) is 0 Å². The van der Waals surface area contributed by atoms with Crippen LogP contribution in [-0.4, -0.2) is 67.0 Å². The lowest BCUT2D eigenvalue weighted by atomic mass is 9.51. The van der Waals surface area contributed by atoms with Gasteiger partial charge in [0, 0.05) is 36.5 Å². The first-order chi connectivity index (χ1) is 17.5. The summed E-state index contributed by atoms with van der Waals surface area (Å²) in [5.41, 5.74) is -5.24. The van der Waals surface area contributed by atoms with Crippen molar-refractivity contribution < 1.29 is 39.5 Å². The molecule has 38 heavy (non-hydrogen) atoms. The molecule has 8 saturated carbocycles. The Labute approximate surface area is 225 Å². The molecule has 0 aliphatic heterocycles. The van der Waals surface area contributed by atoms with E-state index in [1.807, 2.05) is 27.7 Å². The lowest BCUT2D eigenvalue weighted by Crippen LogP contribution is -2.65. The lowest BCUT2D eigenvalue weighted by molar-refractivity contribution is -0.246. The van der Waals surface area contributed by atoms with E-state index < -0.39 is 33.2 Å². The lowest BCUT2D eigenvalue weighted by Gasteiger charge is -2.60. The largest absolute Gasteiger partial charge is 0.461 e. The van der Waals surface area contributed by atoms with Crippen LogP contribution in [0.1, 0.15) is 105 Å². The maximum absolute atomic E-state index is 13.7. The van der Waals surface area contributed by atoms with Gasteiger partial charge in [0.2, 0.25) is 0 Å².